The van der Waals surface area contributed by atoms with E-state index >= 15 is 0 Å². The maximum absolute atomic E-state index is 12.2. The summed E-state index contributed by atoms with van der Waals surface area (Å²) in [4.78, 5) is 35.4. The molecule has 5 N–H and O–H groups in total. The van der Waals surface area contributed by atoms with E-state index < -0.39 is 36.2 Å². The van der Waals surface area contributed by atoms with Gasteiger partial charge in [-0.1, -0.05) is 71.1 Å². The van der Waals surface area contributed by atoms with Crippen LogP contribution in [0.3, 0.4) is 0 Å². The average molecular weight is 431 g/mol. The van der Waals surface area contributed by atoms with E-state index in [1.54, 1.807) is 0 Å². The molecule has 0 aliphatic heterocycles. The Kier molecular flexibility index (Phi) is 16.1. The third-order valence-electron chi connectivity index (χ3n) is 5.13. The van der Waals surface area contributed by atoms with Gasteiger partial charge >= 0.3 is 5.97 Å². The van der Waals surface area contributed by atoms with E-state index in [9.17, 15) is 24.6 Å². The van der Waals surface area contributed by atoms with Gasteiger partial charge in [0.1, 0.15) is 6.04 Å². The summed E-state index contributed by atoms with van der Waals surface area (Å²) in [5.41, 5.74) is 0. The van der Waals surface area contributed by atoms with Crippen molar-refractivity contribution in [1.29, 1.82) is 0 Å². The summed E-state index contributed by atoms with van der Waals surface area (Å²) in [5, 5.41) is 32.9. The highest BCUT2D eigenvalue weighted by molar-refractivity contribution is 5.91. The van der Waals surface area contributed by atoms with Gasteiger partial charge < -0.3 is 26.0 Å². The van der Waals surface area contributed by atoms with Crippen molar-refractivity contribution < 1.29 is 29.7 Å². The van der Waals surface area contributed by atoms with Crippen LogP contribution in [0.25, 0.3) is 0 Å². The Morgan fingerprint density at radius 3 is 1.53 bits per heavy atom. The van der Waals surface area contributed by atoms with Gasteiger partial charge in [-0.2, -0.15) is 0 Å². The molecule has 0 bridgehead atoms. The lowest BCUT2D eigenvalue weighted by molar-refractivity contribution is -0.145. The van der Waals surface area contributed by atoms with Crippen molar-refractivity contribution in [3.8, 4) is 0 Å². The summed E-state index contributed by atoms with van der Waals surface area (Å²) in [6.07, 6.45) is 10.6. The lowest BCUT2D eigenvalue weighted by Gasteiger charge is -2.24. The van der Waals surface area contributed by atoms with Crippen LogP contribution in [0.4, 0.5) is 0 Å². The molecule has 8 nitrogen and oxygen atoms in total. The number of aliphatic carboxylic acids is 1. The van der Waals surface area contributed by atoms with Crippen molar-refractivity contribution in [1.82, 2.24) is 10.6 Å². The van der Waals surface area contributed by atoms with E-state index in [-0.39, 0.29) is 12.3 Å². The Morgan fingerprint density at radius 2 is 1.13 bits per heavy atom. The first kappa shape index (κ1) is 28.3. The number of carboxylic acids is 1. The molecule has 0 aromatic heterocycles. The number of hydrogen-bond donors (Lipinski definition) is 5. The van der Waals surface area contributed by atoms with Crippen LogP contribution < -0.4 is 10.6 Å². The first-order chi connectivity index (χ1) is 14.2. The van der Waals surface area contributed by atoms with Crippen LogP contribution in [0.1, 0.15) is 97.8 Å². The van der Waals surface area contributed by atoms with Crippen LogP contribution in [0.2, 0.25) is 0 Å². The SMILES string of the molecule is CCCCCCCCCCCCCC(=O)NC(C(=O)NC(C(=O)O)C(C)O)C(C)O. The van der Waals surface area contributed by atoms with Crippen LogP contribution in [-0.4, -0.2) is 57.4 Å². The molecule has 8 heteroatoms. The summed E-state index contributed by atoms with van der Waals surface area (Å²) in [6, 6.07) is -2.78. The van der Waals surface area contributed by atoms with E-state index in [0.717, 1.165) is 19.3 Å². The Bertz CT molecular complexity index is 496. The number of rotatable bonds is 18. The molecule has 4 unspecified atom stereocenters. The van der Waals surface area contributed by atoms with Crippen molar-refractivity contribution in [2.45, 2.75) is 122 Å². The summed E-state index contributed by atoms with van der Waals surface area (Å²) in [5.74, 6) is -2.60. The maximum atomic E-state index is 12.2. The first-order valence-electron chi connectivity index (χ1n) is 11.4. The highest BCUT2D eigenvalue weighted by Crippen LogP contribution is 2.12. The normalized spacial score (nSPS) is 15.1. The number of carboxylic acid groups (broad SMARTS) is 1. The fourth-order valence-corrected chi connectivity index (χ4v) is 3.23. The second-order valence-corrected chi connectivity index (χ2v) is 8.14. The van der Waals surface area contributed by atoms with Crippen LogP contribution in [0.5, 0.6) is 0 Å². The van der Waals surface area contributed by atoms with E-state index in [4.69, 9.17) is 5.11 Å². The Hall–Kier alpha value is -1.67. The number of hydrogen-bond acceptors (Lipinski definition) is 5. The molecule has 0 aromatic carbocycles. The second kappa shape index (κ2) is 17.1. The molecule has 0 rings (SSSR count). The molecule has 0 aromatic rings. The van der Waals surface area contributed by atoms with Crippen molar-refractivity contribution >= 4 is 17.8 Å². The quantitative estimate of drug-likeness (QED) is 0.212. The van der Waals surface area contributed by atoms with E-state index in [1.807, 2.05) is 0 Å². The van der Waals surface area contributed by atoms with E-state index in [2.05, 4.69) is 17.6 Å². The van der Waals surface area contributed by atoms with Crippen molar-refractivity contribution in [2.24, 2.45) is 0 Å². The smallest absolute Gasteiger partial charge is 0.328 e. The molecule has 2 amide bonds. The van der Waals surface area contributed by atoms with Gasteiger partial charge in [0.25, 0.3) is 0 Å². The zero-order valence-corrected chi connectivity index (χ0v) is 18.9. The molecular formula is C22H42N2O6. The summed E-state index contributed by atoms with van der Waals surface area (Å²) in [7, 11) is 0. The molecular weight excluding hydrogens is 388 g/mol. The van der Waals surface area contributed by atoms with Crippen molar-refractivity contribution in [3.05, 3.63) is 0 Å². The highest BCUT2D eigenvalue weighted by atomic mass is 16.4. The monoisotopic (exact) mass is 430 g/mol. The fraction of sp³-hybridized carbons (Fsp3) is 0.864. The zero-order valence-electron chi connectivity index (χ0n) is 18.9. The summed E-state index contributed by atoms with van der Waals surface area (Å²) >= 11 is 0. The third-order valence-corrected chi connectivity index (χ3v) is 5.13. The van der Waals surface area contributed by atoms with Crippen LogP contribution in [0, 0.1) is 0 Å². The Morgan fingerprint density at radius 1 is 0.700 bits per heavy atom. The second-order valence-electron chi connectivity index (χ2n) is 8.14. The highest BCUT2D eigenvalue weighted by Gasteiger charge is 2.31. The molecule has 0 radical (unpaired) electrons. The molecule has 176 valence electrons. The molecule has 4 atom stereocenters. The Balaban J connectivity index is 4.09. The van der Waals surface area contributed by atoms with Crippen molar-refractivity contribution in [2.75, 3.05) is 0 Å². The van der Waals surface area contributed by atoms with Gasteiger partial charge in [-0.05, 0) is 20.3 Å². The molecule has 0 fully saturated rings. The Labute approximate surface area is 180 Å². The van der Waals surface area contributed by atoms with Gasteiger partial charge in [0, 0.05) is 6.42 Å². The number of unbranched alkanes of at least 4 members (excludes halogenated alkanes) is 10. The molecule has 30 heavy (non-hydrogen) atoms. The topological polar surface area (TPSA) is 136 Å². The third kappa shape index (κ3) is 13.5. The standard InChI is InChI=1S/C22H42N2O6/c1-4-5-6-7-8-9-10-11-12-13-14-15-18(27)23-19(16(2)25)21(28)24-20(17(3)26)22(29)30/h16-17,19-20,25-26H,4-15H2,1-3H3,(H,23,27)(H,24,28)(H,29,30). The summed E-state index contributed by atoms with van der Waals surface area (Å²) < 4.78 is 0. The minimum Gasteiger partial charge on any atom is -0.480 e. The fourth-order valence-electron chi connectivity index (χ4n) is 3.23. The number of carbonyl (C=O) groups is 3. The van der Waals surface area contributed by atoms with Gasteiger partial charge in [0.05, 0.1) is 12.2 Å². The minimum absolute atomic E-state index is 0.242. The van der Waals surface area contributed by atoms with Gasteiger partial charge in [-0.25, -0.2) is 4.79 Å². The molecule has 0 aliphatic carbocycles. The molecule has 0 spiro atoms. The van der Waals surface area contributed by atoms with Crippen LogP contribution >= 0.6 is 0 Å². The van der Waals surface area contributed by atoms with Crippen LogP contribution in [0.15, 0.2) is 0 Å². The molecule has 0 heterocycles. The summed E-state index contributed by atoms with van der Waals surface area (Å²) in [6.45, 7) is 4.79. The van der Waals surface area contributed by atoms with E-state index in [0.29, 0.717) is 6.42 Å². The van der Waals surface area contributed by atoms with Gasteiger partial charge in [0.2, 0.25) is 11.8 Å². The predicted molar refractivity (Wildman–Crippen MR) is 116 cm³/mol. The predicted octanol–water partition coefficient (Wildman–Crippen LogP) is 2.50. The van der Waals surface area contributed by atoms with Gasteiger partial charge in [-0.15, -0.1) is 0 Å². The molecule has 0 aliphatic rings. The van der Waals surface area contributed by atoms with Crippen LogP contribution in [-0.2, 0) is 14.4 Å². The molecule has 0 saturated heterocycles. The number of aliphatic hydroxyl groups is 2. The minimum atomic E-state index is -1.51. The number of aliphatic hydroxyl groups excluding tert-OH is 2. The van der Waals surface area contributed by atoms with Gasteiger partial charge in [0.15, 0.2) is 6.04 Å². The maximum Gasteiger partial charge on any atom is 0.328 e. The number of carbonyl (C=O) groups excluding carboxylic acids is 2. The number of amides is 2. The van der Waals surface area contributed by atoms with Gasteiger partial charge in [-0.3, -0.25) is 9.59 Å². The van der Waals surface area contributed by atoms with E-state index in [1.165, 1.54) is 58.8 Å². The largest absolute Gasteiger partial charge is 0.480 e. The molecule has 0 saturated carbocycles. The lowest BCUT2D eigenvalue weighted by Crippen LogP contribution is -2.57. The lowest BCUT2D eigenvalue weighted by atomic mass is 10.0. The van der Waals surface area contributed by atoms with Crippen molar-refractivity contribution in [3.63, 3.8) is 0 Å². The average Bonchev–Trinajstić information content (AvgIpc) is 2.67. The first-order valence-corrected chi connectivity index (χ1v) is 11.4. The number of nitrogens with one attached hydrogen (secondary N) is 2. The zero-order chi connectivity index (χ0) is 22.9.